The van der Waals surface area contributed by atoms with Crippen LogP contribution in [0.25, 0.3) is 11.4 Å². The van der Waals surface area contributed by atoms with Crippen LogP contribution in [0.15, 0.2) is 23.4 Å². The predicted molar refractivity (Wildman–Crippen MR) is 75.9 cm³/mol. The van der Waals surface area contributed by atoms with Crippen LogP contribution in [0.4, 0.5) is 0 Å². The molecule has 0 bridgehead atoms. The number of aromatic hydroxyl groups is 1. The van der Waals surface area contributed by atoms with Gasteiger partial charge in [-0.1, -0.05) is 11.8 Å². The number of carbonyl (C=O) groups is 1. The second kappa shape index (κ2) is 5.96. The molecule has 106 valence electrons. The van der Waals surface area contributed by atoms with Crippen molar-refractivity contribution in [1.29, 1.82) is 0 Å². The van der Waals surface area contributed by atoms with Crippen molar-refractivity contribution in [1.82, 2.24) is 14.8 Å². The quantitative estimate of drug-likeness (QED) is 0.821. The van der Waals surface area contributed by atoms with Gasteiger partial charge in [-0.05, 0) is 37.6 Å². The highest BCUT2D eigenvalue weighted by atomic mass is 32.2. The Balaban J connectivity index is 2.39. The van der Waals surface area contributed by atoms with Crippen LogP contribution in [0.2, 0.25) is 0 Å². The maximum atomic E-state index is 10.6. The summed E-state index contributed by atoms with van der Waals surface area (Å²) in [5, 5.41) is 27.0. The molecule has 7 heteroatoms. The molecule has 2 rings (SSSR count). The van der Waals surface area contributed by atoms with Crippen molar-refractivity contribution >= 4 is 17.7 Å². The van der Waals surface area contributed by atoms with Gasteiger partial charge >= 0.3 is 5.97 Å². The van der Waals surface area contributed by atoms with Gasteiger partial charge in [-0.2, -0.15) is 0 Å². The molecule has 0 aliphatic heterocycles. The number of nitrogens with zero attached hydrogens (tertiary/aromatic N) is 3. The van der Waals surface area contributed by atoms with Gasteiger partial charge in [0, 0.05) is 12.1 Å². The molecule has 0 spiro atoms. The van der Waals surface area contributed by atoms with Crippen LogP contribution in [-0.4, -0.2) is 36.7 Å². The van der Waals surface area contributed by atoms with E-state index in [-0.39, 0.29) is 11.5 Å². The van der Waals surface area contributed by atoms with Crippen LogP contribution in [0.5, 0.6) is 5.75 Å². The highest BCUT2D eigenvalue weighted by Gasteiger charge is 2.15. The molecule has 20 heavy (non-hydrogen) atoms. The summed E-state index contributed by atoms with van der Waals surface area (Å²) in [7, 11) is 0. The molecule has 0 aliphatic rings. The molecule has 1 aromatic heterocycles. The Morgan fingerprint density at radius 3 is 2.75 bits per heavy atom. The van der Waals surface area contributed by atoms with Gasteiger partial charge in [0.15, 0.2) is 11.0 Å². The molecular formula is C13H15N3O3S. The second-order valence-electron chi connectivity index (χ2n) is 4.23. The van der Waals surface area contributed by atoms with Crippen LogP contribution in [0.3, 0.4) is 0 Å². The Morgan fingerprint density at radius 2 is 2.15 bits per heavy atom. The standard InChI is InChI=1S/C13H15N3O3S/c1-3-16-12(10-5-4-9(17)6-8(10)2)14-15-13(16)20-7-11(18)19/h4-6,17H,3,7H2,1-2H3,(H,18,19). The highest BCUT2D eigenvalue weighted by molar-refractivity contribution is 7.99. The summed E-state index contributed by atoms with van der Waals surface area (Å²) < 4.78 is 1.87. The molecular weight excluding hydrogens is 278 g/mol. The average molecular weight is 293 g/mol. The van der Waals surface area contributed by atoms with E-state index in [4.69, 9.17) is 5.11 Å². The van der Waals surface area contributed by atoms with Crippen molar-refractivity contribution in [2.75, 3.05) is 5.75 Å². The van der Waals surface area contributed by atoms with Crippen molar-refractivity contribution in [3.05, 3.63) is 23.8 Å². The molecule has 2 aromatic rings. The molecule has 0 saturated carbocycles. The van der Waals surface area contributed by atoms with Gasteiger partial charge in [0.1, 0.15) is 5.75 Å². The number of aliphatic carboxylic acids is 1. The van der Waals surface area contributed by atoms with E-state index in [1.807, 2.05) is 18.4 Å². The van der Waals surface area contributed by atoms with Crippen LogP contribution in [0, 0.1) is 6.92 Å². The summed E-state index contributed by atoms with van der Waals surface area (Å²) in [5.74, 6) is -0.0534. The third-order valence-electron chi connectivity index (χ3n) is 2.81. The molecule has 1 aromatic carbocycles. The number of carboxylic acids is 1. The molecule has 6 nitrogen and oxygen atoms in total. The van der Waals surface area contributed by atoms with Crippen LogP contribution in [-0.2, 0) is 11.3 Å². The van der Waals surface area contributed by atoms with Gasteiger partial charge in [0.05, 0.1) is 5.75 Å². The Labute approximate surface area is 120 Å². The zero-order valence-electron chi connectivity index (χ0n) is 11.2. The SMILES string of the molecule is CCn1c(SCC(=O)O)nnc1-c1ccc(O)cc1C. The van der Waals surface area contributed by atoms with Gasteiger partial charge in [-0.25, -0.2) is 0 Å². The number of hydrogen-bond donors (Lipinski definition) is 2. The van der Waals surface area contributed by atoms with E-state index in [0.29, 0.717) is 17.5 Å². The first-order chi connectivity index (χ1) is 9.52. The first kappa shape index (κ1) is 14.4. The van der Waals surface area contributed by atoms with Crippen molar-refractivity contribution in [2.45, 2.75) is 25.5 Å². The third kappa shape index (κ3) is 2.93. The molecule has 0 aliphatic carbocycles. The van der Waals surface area contributed by atoms with Gasteiger partial charge < -0.3 is 14.8 Å². The van der Waals surface area contributed by atoms with Gasteiger partial charge in [-0.15, -0.1) is 10.2 Å². The summed E-state index contributed by atoms with van der Waals surface area (Å²) in [6, 6.07) is 5.04. The van der Waals surface area contributed by atoms with Crippen LogP contribution in [0.1, 0.15) is 12.5 Å². The molecule has 0 unspecified atom stereocenters. The maximum absolute atomic E-state index is 10.6. The van der Waals surface area contributed by atoms with Crippen molar-refractivity contribution in [3.63, 3.8) is 0 Å². The minimum Gasteiger partial charge on any atom is -0.508 e. The zero-order chi connectivity index (χ0) is 14.7. The smallest absolute Gasteiger partial charge is 0.313 e. The molecule has 2 N–H and O–H groups in total. The largest absolute Gasteiger partial charge is 0.508 e. The average Bonchev–Trinajstić information content (AvgIpc) is 2.79. The number of hydrogen-bond acceptors (Lipinski definition) is 5. The lowest BCUT2D eigenvalue weighted by atomic mass is 10.1. The molecule has 0 amide bonds. The Bertz CT molecular complexity index is 640. The number of thioether (sulfide) groups is 1. The third-order valence-corrected chi connectivity index (χ3v) is 3.76. The lowest BCUT2D eigenvalue weighted by molar-refractivity contribution is -0.133. The Morgan fingerprint density at radius 1 is 1.40 bits per heavy atom. The topological polar surface area (TPSA) is 88.2 Å². The number of rotatable bonds is 5. The predicted octanol–water partition coefficient (Wildman–Crippen LogP) is 2.16. The summed E-state index contributed by atoms with van der Waals surface area (Å²) >= 11 is 1.14. The van der Waals surface area contributed by atoms with E-state index in [2.05, 4.69) is 10.2 Å². The number of aromatic nitrogens is 3. The minimum atomic E-state index is -0.886. The first-order valence-corrected chi connectivity index (χ1v) is 7.09. The Hall–Kier alpha value is -2.02. The fourth-order valence-corrected chi connectivity index (χ4v) is 2.63. The van der Waals surface area contributed by atoms with Crippen molar-refractivity contribution < 1.29 is 15.0 Å². The number of aryl methyl sites for hydroxylation is 1. The lowest BCUT2D eigenvalue weighted by Gasteiger charge is -2.09. The van der Waals surface area contributed by atoms with Crippen molar-refractivity contribution in [3.8, 4) is 17.1 Å². The molecule has 0 radical (unpaired) electrons. The number of phenolic OH excluding ortho intramolecular Hbond substituents is 1. The van der Waals surface area contributed by atoms with E-state index < -0.39 is 5.97 Å². The molecule has 0 fully saturated rings. The normalized spacial score (nSPS) is 10.7. The monoisotopic (exact) mass is 293 g/mol. The first-order valence-electron chi connectivity index (χ1n) is 6.10. The van der Waals surface area contributed by atoms with E-state index >= 15 is 0 Å². The summed E-state index contributed by atoms with van der Waals surface area (Å²) in [6.07, 6.45) is 0. The second-order valence-corrected chi connectivity index (χ2v) is 5.17. The number of benzene rings is 1. The molecule has 0 atom stereocenters. The van der Waals surface area contributed by atoms with E-state index in [1.165, 1.54) is 0 Å². The van der Waals surface area contributed by atoms with Crippen molar-refractivity contribution in [2.24, 2.45) is 0 Å². The van der Waals surface area contributed by atoms with Gasteiger partial charge in [0.2, 0.25) is 0 Å². The number of carboxylic acid groups (broad SMARTS) is 1. The van der Waals surface area contributed by atoms with E-state index in [9.17, 15) is 9.90 Å². The maximum Gasteiger partial charge on any atom is 0.313 e. The molecule has 1 heterocycles. The minimum absolute atomic E-state index is 0.0489. The van der Waals surface area contributed by atoms with Crippen LogP contribution >= 0.6 is 11.8 Å². The lowest BCUT2D eigenvalue weighted by Crippen LogP contribution is -2.03. The van der Waals surface area contributed by atoms with Gasteiger partial charge in [0.25, 0.3) is 0 Å². The molecule has 0 saturated heterocycles. The van der Waals surface area contributed by atoms with E-state index in [0.717, 1.165) is 22.9 Å². The fraction of sp³-hybridized carbons (Fsp3) is 0.308. The van der Waals surface area contributed by atoms with Gasteiger partial charge in [-0.3, -0.25) is 4.79 Å². The summed E-state index contributed by atoms with van der Waals surface area (Å²) in [5.41, 5.74) is 1.77. The Kier molecular flexibility index (Phi) is 4.29. The fourth-order valence-electron chi connectivity index (χ4n) is 1.90. The highest BCUT2D eigenvalue weighted by Crippen LogP contribution is 2.28. The number of phenols is 1. The summed E-state index contributed by atoms with van der Waals surface area (Å²) in [6.45, 7) is 4.48. The zero-order valence-corrected chi connectivity index (χ0v) is 12.0. The summed E-state index contributed by atoms with van der Waals surface area (Å²) in [4.78, 5) is 10.6. The van der Waals surface area contributed by atoms with E-state index in [1.54, 1.807) is 18.2 Å². The van der Waals surface area contributed by atoms with Crippen LogP contribution < -0.4 is 0 Å².